The molecule has 2 aromatic carbocycles. The average Bonchev–Trinajstić information content (AvgIpc) is 2.65. The molecule has 0 amide bonds. The lowest BCUT2D eigenvalue weighted by molar-refractivity contribution is 0.610. The van der Waals surface area contributed by atoms with E-state index >= 15 is 0 Å². The molecular weight excluding hydrogens is 260 g/mol. The standard InChI is InChI=1S/C12H7ClO3S/c13-17(14,15)11-7-3-6-10-12(11)8-4-1-2-5-9(8)16-10/h1-7H. The molecule has 0 fully saturated rings. The van der Waals surface area contributed by atoms with Crippen molar-refractivity contribution >= 4 is 41.7 Å². The van der Waals surface area contributed by atoms with Gasteiger partial charge in [-0.1, -0.05) is 24.3 Å². The molecule has 0 aliphatic heterocycles. The zero-order valence-corrected chi connectivity index (χ0v) is 10.1. The van der Waals surface area contributed by atoms with E-state index in [2.05, 4.69) is 0 Å². The summed E-state index contributed by atoms with van der Waals surface area (Å²) in [6, 6.07) is 12.1. The van der Waals surface area contributed by atoms with Crippen molar-refractivity contribution in [2.45, 2.75) is 4.90 Å². The summed E-state index contributed by atoms with van der Waals surface area (Å²) in [5, 5.41) is 1.29. The van der Waals surface area contributed by atoms with Crippen molar-refractivity contribution in [2.24, 2.45) is 0 Å². The molecule has 86 valence electrons. The number of para-hydroxylation sites is 1. The minimum absolute atomic E-state index is 0.0848. The van der Waals surface area contributed by atoms with E-state index in [1.807, 2.05) is 18.2 Å². The molecule has 0 aliphatic rings. The van der Waals surface area contributed by atoms with Crippen molar-refractivity contribution < 1.29 is 12.8 Å². The van der Waals surface area contributed by atoms with Crippen LogP contribution in [0.1, 0.15) is 0 Å². The molecule has 0 N–H and O–H groups in total. The lowest BCUT2D eigenvalue weighted by Gasteiger charge is -1.97. The molecule has 1 heterocycles. The zero-order valence-electron chi connectivity index (χ0n) is 8.55. The van der Waals surface area contributed by atoms with E-state index in [1.54, 1.807) is 18.2 Å². The van der Waals surface area contributed by atoms with Gasteiger partial charge in [-0.25, -0.2) is 8.42 Å². The Bertz CT molecular complexity index is 818. The highest BCUT2D eigenvalue weighted by Crippen LogP contribution is 2.34. The first-order valence-corrected chi connectivity index (χ1v) is 7.23. The fourth-order valence-corrected chi connectivity index (χ4v) is 3.03. The molecular formula is C12H7ClO3S. The van der Waals surface area contributed by atoms with E-state index in [0.29, 0.717) is 16.6 Å². The number of hydrogen-bond acceptors (Lipinski definition) is 3. The van der Waals surface area contributed by atoms with Crippen molar-refractivity contribution in [2.75, 3.05) is 0 Å². The van der Waals surface area contributed by atoms with Gasteiger partial charge in [0.2, 0.25) is 0 Å². The number of furan rings is 1. The molecule has 0 atom stereocenters. The molecule has 0 bridgehead atoms. The molecule has 0 saturated heterocycles. The Morgan fingerprint density at radius 3 is 2.41 bits per heavy atom. The van der Waals surface area contributed by atoms with Crippen LogP contribution in [-0.2, 0) is 9.05 Å². The Labute approximate surface area is 102 Å². The van der Waals surface area contributed by atoms with Crippen LogP contribution >= 0.6 is 10.7 Å². The van der Waals surface area contributed by atoms with E-state index in [-0.39, 0.29) is 4.90 Å². The Morgan fingerprint density at radius 2 is 1.65 bits per heavy atom. The molecule has 0 radical (unpaired) electrons. The van der Waals surface area contributed by atoms with Gasteiger partial charge >= 0.3 is 0 Å². The number of hydrogen-bond donors (Lipinski definition) is 0. The van der Waals surface area contributed by atoms with E-state index in [1.165, 1.54) is 6.07 Å². The van der Waals surface area contributed by atoms with Gasteiger partial charge in [0.15, 0.2) is 0 Å². The minimum Gasteiger partial charge on any atom is -0.456 e. The summed E-state index contributed by atoms with van der Waals surface area (Å²) in [6.45, 7) is 0. The summed E-state index contributed by atoms with van der Waals surface area (Å²) in [5.41, 5.74) is 1.17. The lowest BCUT2D eigenvalue weighted by atomic mass is 10.1. The van der Waals surface area contributed by atoms with E-state index in [9.17, 15) is 8.42 Å². The molecule has 0 aliphatic carbocycles. The topological polar surface area (TPSA) is 47.3 Å². The van der Waals surface area contributed by atoms with Gasteiger partial charge in [-0.2, -0.15) is 0 Å². The number of benzene rings is 2. The fourth-order valence-electron chi connectivity index (χ4n) is 1.95. The van der Waals surface area contributed by atoms with Crippen LogP contribution in [0.4, 0.5) is 0 Å². The highest BCUT2D eigenvalue weighted by atomic mass is 35.7. The largest absolute Gasteiger partial charge is 0.456 e. The third-order valence-electron chi connectivity index (χ3n) is 2.63. The van der Waals surface area contributed by atoms with Crippen LogP contribution in [0, 0.1) is 0 Å². The molecule has 3 rings (SSSR count). The highest BCUT2D eigenvalue weighted by Gasteiger charge is 2.18. The first kappa shape index (κ1) is 10.6. The maximum absolute atomic E-state index is 11.5. The maximum atomic E-state index is 11.5. The quantitative estimate of drug-likeness (QED) is 0.633. The van der Waals surface area contributed by atoms with Crippen LogP contribution in [0.5, 0.6) is 0 Å². The van der Waals surface area contributed by atoms with Gasteiger partial charge in [-0.15, -0.1) is 0 Å². The normalized spacial score (nSPS) is 12.3. The van der Waals surface area contributed by atoms with Gasteiger partial charge in [0, 0.05) is 21.5 Å². The van der Waals surface area contributed by atoms with Crippen LogP contribution in [-0.4, -0.2) is 8.42 Å². The summed E-state index contributed by atoms with van der Waals surface area (Å²) in [4.78, 5) is 0.0848. The van der Waals surface area contributed by atoms with Gasteiger partial charge in [0.1, 0.15) is 11.2 Å². The van der Waals surface area contributed by atoms with Crippen molar-refractivity contribution in [1.82, 2.24) is 0 Å². The zero-order chi connectivity index (χ0) is 12.0. The third-order valence-corrected chi connectivity index (χ3v) is 3.99. The fraction of sp³-hybridized carbons (Fsp3) is 0. The van der Waals surface area contributed by atoms with Crippen LogP contribution in [0.2, 0.25) is 0 Å². The molecule has 3 nitrogen and oxygen atoms in total. The van der Waals surface area contributed by atoms with Crippen LogP contribution < -0.4 is 0 Å². The number of halogens is 1. The van der Waals surface area contributed by atoms with Crippen LogP contribution in [0.25, 0.3) is 21.9 Å². The van der Waals surface area contributed by atoms with Crippen molar-refractivity contribution in [3.63, 3.8) is 0 Å². The molecule has 3 aromatic rings. The van der Waals surface area contributed by atoms with Gasteiger partial charge in [0.05, 0.1) is 4.90 Å². The maximum Gasteiger partial charge on any atom is 0.262 e. The lowest BCUT2D eigenvalue weighted by Crippen LogP contribution is -1.90. The predicted molar refractivity (Wildman–Crippen MR) is 66.8 cm³/mol. The molecule has 17 heavy (non-hydrogen) atoms. The van der Waals surface area contributed by atoms with Gasteiger partial charge < -0.3 is 4.42 Å². The smallest absolute Gasteiger partial charge is 0.262 e. The minimum atomic E-state index is -3.78. The van der Waals surface area contributed by atoms with Crippen LogP contribution in [0.3, 0.4) is 0 Å². The Hall–Kier alpha value is -1.52. The van der Waals surface area contributed by atoms with Crippen molar-refractivity contribution in [3.8, 4) is 0 Å². The van der Waals surface area contributed by atoms with E-state index < -0.39 is 9.05 Å². The Kier molecular flexibility index (Phi) is 2.18. The molecule has 0 unspecified atom stereocenters. The monoisotopic (exact) mass is 266 g/mol. The third kappa shape index (κ3) is 1.61. The van der Waals surface area contributed by atoms with E-state index in [4.69, 9.17) is 15.1 Å². The molecule has 1 aromatic heterocycles. The predicted octanol–water partition coefficient (Wildman–Crippen LogP) is 3.51. The van der Waals surface area contributed by atoms with Gasteiger partial charge in [-0.3, -0.25) is 0 Å². The van der Waals surface area contributed by atoms with Crippen molar-refractivity contribution in [3.05, 3.63) is 42.5 Å². The summed E-state index contributed by atoms with van der Waals surface area (Å²) in [6.07, 6.45) is 0. The summed E-state index contributed by atoms with van der Waals surface area (Å²) in [7, 11) is 1.65. The summed E-state index contributed by atoms with van der Waals surface area (Å²) in [5.74, 6) is 0. The second-order valence-corrected chi connectivity index (χ2v) is 6.20. The first-order chi connectivity index (χ1) is 8.07. The number of fused-ring (bicyclic) bond motifs is 3. The first-order valence-electron chi connectivity index (χ1n) is 4.92. The summed E-state index contributed by atoms with van der Waals surface area (Å²) < 4.78 is 28.6. The van der Waals surface area contributed by atoms with Crippen molar-refractivity contribution in [1.29, 1.82) is 0 Å². The van der Waals surface area contributed by atoms with Gasteiger partial charge in [-0.05, 0) is 18.2 Å². The molecule has 0 spiro atoms. The van der Waals surface area contributed by atoms with Gasteiger partial charge in [0.25, 0.3) is 9.05 Å². The second kappa shape index (κ2) is 3.48. The molecule has 0 saturated carbocycles. The molecule has 5 heteroatoms. The SMILES string of the molecule is O=S(=O)(Cl)c1cccc2oc3ccccc3c12. The van der Waals surface area contributed by atoms with Crippen LogP contribution in [0.15, 0.2) is 51.8 Å². The summed E-state index contributed by atoms with van der Waals surface area (Å²) >= 11 is 0. The average molecular weight is 267 g/mol. The Morgan fingerprint density at radius 1 is 0.941 bits per heavy atom. The van der Waals surface area contributed by atoms with E-state index in [0.717, 1.165) is 5.39 Å². The Balaban J connectivity index is 2.61. The highest BCUT2D eigenvalue weighted by molar-refractivity contribution is 8.14. The number of rotatable bonds is 1. The second-order valence-electron chi connectivity index (χ2n) is 3.67.